The molecule has 2 unspecified atom stereocenters. The number of rotatable bonds is 2. The predicted molar refractivity (Wildman–Crippen MR) is 74.9 cm³/mol. The van der Waals surface area contributed by atoms with Crippen LogP contribution in [0, 0.1) is 11.8 Å². The van der Waals surface area contributed by atoms with E-state index >= 15 is 0 Å². The average Bonchev–Trinajstić information content (AvgIpc) is 2.22. The molecule has 1 aromatic rings. The van der Waals surface area contributed by atoms with E-state index in [1.165, 1.54) is 19.3 Å². The first kappa shape index (κ1) is 12.1. The Labute approximate surface area is 104 Å². The highest BCUT2D eigenvalue weighted by molar-refractivity contribution is 5.69. The molecule has 5 N–H and O–H groups in total. The lowest BCUT2D eigenvalue weighted by Crippen LogP contribution is -2.30. The molecule has 1 fully saturated rings. The van der Waals surface area contributed by atoms with Crippen molar-refractivity contribution < 1.29 is 0 Å². The van der Waals surface area contributed by atoms with Gasteiger partial charge < -0.3 is 16.8 Å². The molecule has 0 spiro atoms. The third kappa shape index (κ3) is 3.05. The van der Waals surface area contributed by atoms with Gasteiger partial charge in [-0.2, -0.15) is 0 Å². The second-order valence-electron chi connectivity index (χ2n) is 5.60. The van der Waals surface area contributed by atoms with Crippen molar-refractivity contribution in [2.45, 2.75) is 39.2 Å². The molecule has 1 aliphatic carbocycles. The van der Waals surface area contributed by atoms with Crippen LogP contribution < -0.4 is 16.8 Å². The summed E-state index contributed by atoms with van der Waals surface area (Å²) in [5, 5.41) is 3.57. The molecule has 17 heavy (non-hydrogen) atoms. The van der Waals surface area contributed by atoms with Gasteiger partial charge in [0.1, 0.15) is 0 Å². The van der Waals surface area contributed by atoms with Crippen LogP contribution in [-0.2, 0) is 0 Å². The SMILES string of the molecule is CC1CC(C)CC(Nc2ccc(N)c(N)c2)C1. The van der Waals surface area contributed by atoms with Crippen molar-refractivity contribution in [3.05, 3.63) is 18.2 Å². The number of nitrogens with one attached hydrogen (secondary N) is 1. The second kappa shape index (κ2) is 4.86. The molecule has 0 aromatic heterocycles. The summed E-state index contributed by atoms with van der Waals surface area (Å²) in [7, 11) is 0. The molecule has 0 radical (unpaired) electrons. The predicted octanol–water partition coefficient (Wildman–Crippen LogP) is 3.09. The fraction of sp³-hybridized carbons (Fsp3) is 0.571. The molecular weight excluding hydrogens is 210 g/mol. The quantitative estimate of drug-likeness (QED) is 0.688. The molecule has 1 saturated carbocycles. The van der Waals surface area contributed by atoms with Gasteiger partial charge in [0, 0.05) is 11.7 Å². The fourth-order valence-corrected chi connectivity index (χ4v) is 2.97. The third-order valence-corrected chi connectivity index (χ3v) is 3.64. The number of hydrogen-bond acceptors (Lipinski definition) is 3. The second-order valence-corrected chi connectivity index (χ2v) is 5.60. The highest BCUT2D eigenvalue weighted by Gasteiger charge is 2.23. The summed E-state index contributed by atoms with van der Waals surface area (Å²) in [6.45, 7) is 4.67. The first-order valence-electron chi connectivity index (χ1n) is 6.46. The molecule has 0 amide bonds. The molecule has 1 aliphatic rings. The van der Waals surface area contributed by atoms with Crippen LogP contribution in [0.25, 0.3) is 0 Å². The lowest BCUT2D eigenvalue weighted by atomic mass is 9.80. The Morgan fingerprint density at radius 3 is 2.24 bits per heavy atom. The molecule has 3 nitrogen and oxygen atoms in total. The van der Waals surface area contributed by atoms with Crippen LogP contribution in [0.2, 0.25) is 0 Å². The molecule has 2 atom stereocenters. The molecule has 0 bridgehead atoms. The number of nitrogen functional groups attached to an aromatic ring is 2. The normalized spacial score (nSPS) is 28.9. The molecule has 0 aliphatic heterocycles. The van der Waals surface area contributed by atoms with Crippen LogP contribution in [0.4, 0.5) is 17.1 Å². The standard InChI is InChI=1S/C14H23N3/c1-9-5-10(2)7-12(6-9)17-11-3-4-13(15)14(16)8-11/h3-4,8-10,12,17H,5-7,15-16H2,1-2H3. The van der Waals surface area contributed by atoms with Crippen LogP contribution >= 0.6 is 0 Å². The van der Waals surface area contributed by atoms with Gasteiger partial charge in [-0.3, -0.25) is 0 Å². The van der Waals surface area contributed by atoms with E-state index in [2.05, 4.69) is 19.2 Å². The van der Waals surface area contributed by atoms with Gasteiger partial charge in [-0.25, -0.2) is 0 Å². The summed E-state index contributed by atoms with van der Waals surface area (Å²) in [5.74, 6) is 1.62. The van der Waals surface area contributed by atoms with Crippen LogP contribution in [0.15, 0.2) is 18.2 Å². The molecular formula is C14H23N3. The van der Waals surface area contributed by atoms with E-state index in [-0.39, 0.29) is 0 Å². The van der Waals surface area contributed by atoms with E-state index in [1.807, 2.05) is 18.2 Å². The molecule has 1 aromatic carbocycles. The zero-order valence-corrected chi connectivity index (χ0v) is 10.7. The van der Waals surface area contributed by atoms with Gasteiger partial charge in [0.05, 0.1) is 11.4 Å². The van der Waals surface area contributed by atoms with Crippen molar-refractivity contribution in [1.82, 2.24) is 0 Å². The maximum atomic E-state index is 5.82. The number of anilines is 3. The zero-order valence-electron chi connectivity index (χ0n) is 10.7. The molecule has 0 heterocycles. The van der Waals surface area contributed by atoms with Crippen LogP contribution in [-0.4, -0.2) is 6.04 Å². The Bertz CT molecular complexity index is 379. The van der Waals surface area contributed by atoms with E-state index in [4.69, 9.17) is 11.5 Å². The van der Waals surface area contributed by atoms with Gasteiger partial charge >= 0.3 is 0 Å². The summed E-state index contributed by atoms with van der Waals surface area (Å²) >= 11 is 0. The van der Waals surface area contributed by atoms with Gasteiger partial charge in [0.25, 0.3) is 0 Å². The van der Waals surface area contributed by atoms with Crippen molar-refractivity contribution in [2.24, 2.45) is 11.8 Å². The summed E-state index contributed by atoms with van der Waals surface area (Å²) in [5.41, 5.74) is 13.9. The Morgan fingerprint density at radius 1 is 1.00 bits per heavy atom. The fourth-order valence-electron chi connectivity index (χ4n) is 2.97. The van der Waals surface area contributed by atoms with Crippen molar-refractivity contribution in [3.8, 4) is 0 Å². The van der Waals surface area contributed by atoms with Crippen molar-refractivity contribution in [1.29, 1.82) is 0 Å². The zero-order chi connectivity index (χ0) is 12.4. The lowest BCUT2D eigenvalue weighted by molar-refractivity contribution is 0.281. The topological polar surface area (TPSA) is 64.1 Å². The number of nitrogens with two attached hydrogens (primary N) is 2. The van der Waals surface area contributed by atoms with Crippen molar-refractivity contribution in [3.63, 3.8) is 0 Å². The molecule has 94 valence electrons. The minimum atomic E-state index is 0.566. The summed E-state index contributed by atoms with van der Waals surface area (Å²) in [6.07, 6.45) is 3.84. The molecule has 0 saturated heterocycles. The molecule has 3 heteroatoms. The molecule has 2 rings (SSSR count). The van der Waals surface area contributed by atoms with E-state index in [0.717, 1.165) is 17.5 Å². The number of hydrogen-bond donors (Lipinski definition) is 3. The van der Waals surface area contributed by atoms with E-state index in [1.54, 1.807) is 0 Å². The summed E-state index contributed by atoms with van der Waals surface area (Å²) < 4.78 is 0. The first-order valence-corrected chi connectivity index (χ1v) is 6.46. The highest BCUT2D eigenvalue weighted by Crippen LogP contribution is 2.31. The van der Waals surface area contributed by atoms with E-state index in [0.29, 0.717) is 17.4 Å². The minimum absolute atomic E-state index is 0.566. The summed E-state index contributed by atoms with van der Waals surface area (Å²) in [6, 6.07) is 6.37. The Kier molecular flexibility index (Phi) is 3.46. The van der Waals surface area contributed by atoms with Crippen molar-refractivity contribution >= 4 is 17.1 Å². The average molecular weight is 233 g/mol. The van der Waals surface area contributed by atoms with Crippen LogP contribution in [0.1, 0.15) is 33.1 Å². The monoisotopic (exact) mass is 233 g/mol. The Balaban J connectivity index is 2.02. The Morgan fingerprint density at radius 2 is 1.65 bits per heavy atom. The highest BCUT2D eigenvalue weighted by atomic mass is 14.9. The Hall–Kier alpha value is -1.38. The first-order chi connectivity index (χ1) is 8.04. The van der Waals surface area contributed by atoms with Gasteiger partial charge in [-0.05, 0) is 49.3 Å². The third-order valence-electron chi connectivity index (χ3n) is 3.64. The summed E-state index contributed by atoms with van der Waals surface area (Å²) in [4.78, 5) is 0. The van der Waals surface area contributed by atoms with Crippen molar-refractivity contribution in [2.75, 3.05) is 16.8 Å². The smallest absolute Gasteiger partial charge is 0.0568 e. The lowest BCUT2D eigenvalue weighted by Gasteiger charge is -2.32. The largest absolute Gasteiger partial charge is 0.397 e. The minimum Gasteiger partial charge on any atom is -0.397 e. The maximum absolute atomic E-state index is 5.82. The van der Waals surface area contributed by atoms with E-state index in [9.17, 15) is 0 Å². The maximum Gasteiger partial charge on any atom is 0.0568 e. The van der Waals surface area contributed by atoms with Crippen LogP contribution in [0.5, 0.6) is 0 Å². The van der Waals surface area contributed by atoms with Gasteiger partial charge in [0.2, 0.25) is 0 Å². The van der Waals surface area contributed by atoms with Gasteiger partial charge in [0.15, 0.2) is 0 Å². The van der Waals surface area contributed by atoms with Crippen LogP contribution in [0.3, 0.4) is 0 Å². The van der Waals surface area contributed by atoms with E-state index < -0.39 is 0 Å². The number of benzene rings is 1. The van der Waals surface area contributed by atoms with Gasteiger partial charge in [-0.15, -0.1) is 0 Å². The van der Waals surface area contributed by atoms with Gasteiger partial charge in [-0.1, -0.05) is 13.8 Å².